The number of aromatic nitrogens is 3. The predicted octanol–water partition coefficient (Wildman–Crippen LogP) is 3.36. The molecule has 3 aliphatic heterocycles. The third kappa shape index (κ3) is 4.57. The molecular weight excluding hydrogens is 515 g/mol. The van der Waals surface area contributed by atoms with Crippen LogP contribution >= 0.6 is 0 Å². The quantitative estimate of drug-likeness (QED) is 0.496. The molecule has 1 aromatic carbocycles. The van der Waals surface area contributed by atoms with E-state index in [1.165, 1.54) is 45.2 Å². The summed E-state index contributed by atoms with van der Waals surface area (Å²) in [5, 5.41) is 9.48. The molecule has 2 aromatic heterocycles. The van der Waals surface area contributed by atoms with Gasteiger partial charge in [0.05, 0.1) is 48.5 Å². The lowest BCUT2D eigenvalue weighted by Gasteiger charge is -2.41. The predicted molar refractivity (Wildman–Crippen MR) is 132 cm³/mol. The van der Waals surface area contributed by atoms with E-state index in [4.69, 9.17) is 4.74 Å². The number of aryl methyl sites for hydroxylation is 1. The highest BCUT2D eigenvalue weighted by molar-refractivity contribution is 6.00. The molecule has 5 heterocycles. The number of pyridine rings is 1. The summed E-state index contributed by atoms with van der Waals surface area (Å²) in [6.45, 7) is 1.68. The highest BCUT2D eigenvalue weighted by atomic mass is 19.1. The topological polar surface area (TPSA) is 96.2 Å². The Bertz CT molecular complexity index is 1460. The number of hydrazone groups is 1. The van der Waals surface area contributed by atoms with E-state index < -0.39 is 35.6 Å². The van der Waals surface area contributed by atoms with Crippen LogP contribution in [0.5, 0.6) is 5.75 Å². The number of ether oxygens (including phenoxy) is 1. The number of halogens is 3. The summed E-state index contributed by atoms with van der Waals surface area (Å²) in [4.78, 5) is 33.2. The number of urea groups is 1. The fourth-order valence-corrected chi connectivity index (χ4v) is 4.86. The van der Waals surface area contributed by atoms with Crippen molar-refractivity contribution in [1.29, 1.82) is 0 Å². The van der Waals surface area contributed by atoms with E-state index in [0.717, 1.165) is 18.7 Å². The molecule has 3 aliphatic rings. The van der Waals surface area contributed by atoms with E-state index in [9.17, 15) is 22.8 Å². The molecular formula is C26H24F3N7O3. The van der Waals surface area contributed by atoms with E-state index >= 15 is 0 Å². The Hall–Kier alpha value is -4.42. The Kier molecular flexibility index (Phi) is 6.20. The lowest BCUT2D eigenvalue weighted by molar-refractivity contribution is 0.0256. The maximum absolute atomic E-state index is 14.6. The lowest BCUT2D eigenvalue weighted by atomic mass is 10.0. The van der Waals surface area contributed by atoms with Gasteiger partial charge in [-0.15, -0.1) is 0 Å². The molecule has 0 unspecified atom stereocenters. The molecule has 202 valence electrons. The second kappa shape index (κ2) is 9.71. The first-order valence-electron chi connectivity index (χ1n) is 12.5. The van der Waals surface area contributed by atoms with Gasteiger partial charge >= 0.3 is 6.03 Å². The molecule has 0 bridgehead atoms. The second-order valence-electron chi connectivity index (χ2n) is 9.70. The first kappa shape index (κ1) is 24.9. The minimum Gasteiger partial charge on any atom is -0.483 e. The number of benzene rings is 1. The van der Waals surface area contributed by atoms with Crippen LogP contribution in [0.4, 0.5) is 18.0 Å². The van der Waals surface area contributed by atoms with Crippen LogP contribution < -0.4 is 4.74 Å². The van der Waals surface area contributed by atoms with Gasteiger partial charge in [-0.05, 0) is 24.1 Å². The molecule has 39 heavy (non-hydrogen) atoms. The largest absolute Gasteiger partial charge is 0.483 e. The highest BCUT2D eigenvalue weighted by Gasteiger charge is 2.39. The van der Waals surface area contributed by atoms with Crippen molar-refractivity contribution in [3.8, 4) is 17.1 Å². The van der Waals surface area contributed by atoms with E-state index in [0.29, 0.717) is 42.0 Å². The summed E-state index contributed by atoms with van der Waals surface area (Å²) in [5.41, 5.74) is 1.47. The number of rotatable bonds is 5. The first-order chi connectivity index (χ1) is 18.8. The van der Waals surface area contributed by atoms with Crippen LogP contribution in [0, 0.1) is 17.5 Å². The number of carbonyl (C=O) groups excluding carboxylic acids is 2. The third-order valence-corrected chi connectivity index (χ3v) is 7.08. The van der Waals surface area contributed by atoms with E-state index in [1.54, 1.807) is 11.9 Å². The molecule has 1 atom stereocenters. The average molecular weight is 540 g/mol. The maximum Gasteiger partial charge on any atom is 0.341 e. The average Bonchev–Trinajstić information content (AvgIpc) is 3.47. The minimum absolute atomic E-state index is 0.0621. The highest BCUT2D eigenvalue weighted by Crippen LogP contribution is 2.33. The van der Waals surface area contributed by atoms with Crippen molar-refractivity contribution in [3.05, 3.63) is 65.2 Å². The second-order valence-corrected chi connectivity index (χ2v) is 9.70. The summed E-state index contributed by atoms with van der Waals surface area (Å²) in [6, 6.07) is 3.47. The van der Waals surface area contributed by atoms with Gasteiger partial charge in [0.1, 0.15) is 17.7 Å². The van der Waals surface area contributed by atoms with Crippen molar-refractivity contribution in [2.75, 3.05) is 26.2 Å². The number of likely N-dealkylation sites (tertiary alicyclic amines) is 2. The zero-order chi connectivity index (χ0) is 27.3. The first-order valence-corrected chi connectivity index (χ1v) is 12.5. The summed E-state index contributed by atoms with van der Waals surface area (Å²) in [7, 11) is 1.68. The van der Waals surface area contributed by atoms with Gasteiger partial charge in [-0.1, -0.05) is 0 Å². The summed E-state index contributed by atoms with van der Waals surface area (Å²) < 4.78 is 49.4. The normalized spacial score (nSPS) is 18.8. The van der Waals surface area contributed by atoms with Crippen molar-refractivity contribution in [2.45, 2.75) is 25.0 Å². The molecule has 0 radical (unpaired) electrons. The van der Waals surface area contributed by atoms with Crippen molar-refractivity contribution in [1.82, 2.24) is 29.6 Å². The molecule has 3 aromatic rings. The van der Waals surface area contributed by atoms with Gasteiger partial charge in [0.2, 0.25) is 0 Å². The molecule has 0 spiro atoms. The maximum atomic E-state index is 14.6. The molecule has 6 rings (SSSR count). The summed E-state index contributed by atoms with van der Waals surface area (Å²) in [5.74, 6) is -2.37. The zero-order valence-corrected chi connectivity index (χ0v) is 20.9. The van der Waals surface area contributed by atoms with E-state index in [-0.39, 0.29) is 24.7 Å². The summed E-state index contributed by atoms with van der Waals surface area (Å²) >= 11 is 0. The molecule has 2 saturated heterocycles. The Morgan fingerprint density at radius 2 is 1.74 bits per heavy atom. The van der Waals surface area contributed by atoms with Gasteiger partial charge in [-0.25, -0.2) is 23.0 Å². The number of hydrogen-bond donors (Lipinski definition) is 0. The Labute approximate surface area is 221 Å². The molecule has 0 N–H and O–H groups in total. The van der Waals surface area contributed by atoms with Crippen molar-refractivity contribution in [3.63, 3.8) is 0 Å². The van der Waals surface area contributed by atoms with Gasteiger partial charge in [0.15, 0.2) is 11.6 Å². The molecule has 3 amide bonds. The van der Waals surface area contributed by atoms with Crippen LogP contribution in [0.25, 0.3) is 11.4 Å². The van der Waals surface area contributed by atoms with Crippen LogP contribution in [0.15, 0.2) is 41.8 Å². The van der Waals surface area contributed by atoms with Crippen molar-refractivity contribution < 1.29 is 27.5 Å². The smallest absolute Gasteiger partial charge is 0.341 e. The van der Waals surface area contributed by atoms with Gasteiger partial charge in [-0.2, -0.15) is 10.2 Å². The molecule has 13 heteroatoms. The molecule has 0 saturated carbocycles. The molecule has 10 nitrogen and oxygen atoms in total. The number of carbonyl (C=O) groups is 2. The molecule has 0 aliphatic carbocycles. The number of hydrogen-bond acceptors (Lipinski definition) is 6. The Morgan fingerprint density at radius 1 is 1.00 bits per heavy atom. The van der Waals surface area contributed by atoms with Crippen molar-refractivity contribution >= 4 is 18.2 Å². The molecule has 2 fully saturated rings. The van der Waals surface area contributed by atoms with Crippen LogP contribution in [0.2, 0.25) is 0 Å². The lowest BCUT2D eigenvalue weighted by Crippen LogP contribution is -2.58. The standard InChI is InChI=1S/C26H24F3N7O3/c1-33-24(19(11-32-33)25(37)34-5-2-6-34)21-10-23(20(29)12-30-21)39-18-13-35(14-18)26(38)36-22(3-4-31-36)15-7-16(27)9-17(28)8-15/h4,7-12,18,22H,2-3,5-6,13-14H2,1H3/t22-/m0/s1. The third-order valence-electron chi connectivity index (χ3n) is 7.08. The van der Waals surface area contributed by atoms with Gasteiger partial charge in [0, 0.05) is 44.9 Å². The van der Waals surface area contributed by atoms with Gasteiger partial charge < -0.3 is 14.5 Å². The van der Waals surface area contributed by atoms with Crippen LogP contribution in [-0.4, -0.2) is 80.0 Å². The number of amides is 3. The summed E-state index contributed by atoms with van der Waals surface area (Å²) in [6.07, 6.45) is 4.80. The fourth-order valence-electron chi connectivity index (χ4n) is 4.86. The Balaban J connectivity index is 1.13. The minimum atomic E-state index is -0.733. The van der Waals surface area contributed by atoms with Crippen LogP contribution in [0.1, 0.15) is 34.8 Å². The fraction of sp³-hybridized carbons (Fsp3) is 0.346. The van der Waals surface area contributed by atoms with Gasteiger partial charge in [0.25, 0.3) is 5.91 Å². The monoisotopic (exact) mass is 539 g/mol. The number of nitrogens with zero attached hydrogens (tertiary/aromatic N) is 7. The zero-order valence-electron chi connectivity index (χ0n) is 20.9. The van der Waals surface area contributed by atoms with Crippen LogP contribution in [-0.2, 0) is 7.05 Å². The van der Waals surface area contributed by atoms with E-state index in [1.807, 2.05) is 0 Å². The van der Waals surface area contributed by atoms with Gasteiger partial charge in [-0.3, -0.25) is 14.5 Å². The SMILES string of the molecule is Cn1ncc(C(=O)N2CCC2)c1-c1cc(OC2CN(C(=O)N3N=CC[C@H]3c3cc(F)cc(F)c3)C2)c(F)cn1. The van der Waals surface area contributed by atoms with E-state index in [2.05, 4.69) is 15.2 Å². The van der Waals surface area contributed by atoms with Crippen LogP contribution in [0.3, 0.4) is 0 Å². The van der Waals surface area contributed by atoms with Crippen molar-refractivity contribution in [2.24, 2.45) is 12.1 Å². The Morgan fingerprint density at radius 3 is 2.44 bits per heavy atom.